The number of allylic oxidation sites excluding steroid dienone is 2. The van der Waals surface area contributed by atoms with Crippen LogP contribution in [0.25, 0.3) is 0 Å². The van der Waals surface area contributed by atoms with Crippen LogP contribution in [0.5, 0.6) is 0 Å². The van der Waals surface area contributed by atoms with E-state index in [1.54, 1.807) is 0 Å². The van der Waals surface area contributed by atoms with Gasteiger partial charge in [0.1, 0.15) is 5.78 Å². The summed E-state index contributed by atoms with van der Waals surface area (Å²) in [5.74, 6) is 0.881. The minimum Gasteiger partial charge on any atom is -0.299 e. The van der Waals surface area contributed by atoms with E-state index >= 15 is 0 Å². The van der Waals surface area contributed by atoms with Crippen molar-refractivity contribution in [1.82, 2.24) is 0 Å². The summed E-state index contributed by atoms with van der Waals surface area (Å²) in [5, 5.41) is 0. The molecule has 0 amide bonds. The Bertz CT molecular complexity index is 320. The van der Waals surface area contributed by atoms with Crippen molar-refractivity contribution >= 4 is 5.78 Å². The van der Waals surface area contributed by atoms with Gasteiger partial charge in [-0.05, 0) is 37.5 Å². The largest absolute Gasteiger partial charge is 0.299 e. The molecule has 17 heavy (non-hydrogen) atoms. The van der Waals surface area contributed by atoms with Crippen LogP contribution < -0.4 is 0 Å². The first kappa shape index (κ1) is 14.5. The van der Waals surface area contributed by atoms with Gasteiger partial charge in [0, 0.05) is 11.8 Å². The summed E-state index contributed by atoms with van der Waals surface area (Å²) in [6.07, 6.45) is 7.35. The Kier molecular flexibility index (Phi) is 4.22. The van der Waals surface area contributed by atoms with E-state index in [9.17, 15) is 4.79 Å². The Morgan fingerprint density at radius 1 is 1.53 bits per heavy atom. The standard InChI is InChI=1S/C16H27O/c1-7-15(3,4)14(17)11-13-10-8-9-12(2)16(13,5)6/h7,9,13H,8,10-11H2,1-6H3/t13-/m0/s1. The topological polar surface area (TPSA) is 17.1 Å². The van der Waals surface area contributed by atoms with Crippen molar-refractivity contribution in [1.29, 1.82) is 0 Å². The summed E-state index contributed by atoms with van der Waals surface area (Å²) in [6.45, 7) is 12.8. The van der Waals surface area contributed by atoms with Crippen LogP contribution in [-0.4, -0.2) is 5.78 Å². The molecule has 0 aromatic carbocycles. The van der Waals surface area contributed by atoms with Crippen molar-refractivity contribution in [2.24, 2.45) is 16.7 Å². The fourth-order valence-electron chi connectivity index (χ4n) is 2.45. The van der Waals surface area contributed by atoms with E-state index in [1.807, 2.05) is 27.2 Å². The molecular formula is C16H27O. The van der Waals surface area contributed by atoms with Gasteiger partial charge < -0.3 is 0 Å². The SMILES string of the molecule is C[CH]C(C)(C)C(=O)C[C@@H]1CCC=C(C)C1(C)C. The van der Waals surface area contributed by atoms with Gasteiger partial charge in [0.15, 0.2) is 0 Å². The number of Topliss-reactive ketones (excluding diaryl/α,β-unsaturated/α-hetero) is 1. The number of ketones is 1. The molecule has 0 heterocycles. The van der Waals surface area contributed by atoms with Crippen LogP contribution in [0, 0.1) is 23.2 Å². The van der Waals surface area contributed by atoms with Crippen LogP contribution in [0.3, 0.4) is 0 Å². The Labute approximate surface area is 107 Å². The quantitative estimate of drug-likeness (QED) is 0.652. The molecule has 0 saturated carbocycles. The molecule has 0 aromatic rings. The molecule has 0 spiro atoms. The van der Waals surface area contributed by atoms with Crippen molar-refractivity contribution in [2.45, 2.75) is 60.8 Å². The molecule has 1 nitrogen and oxygen atoms in total. The Hall–Kier alpha value is -0.590. The number of rotatable bonds is 4. The highest BCUT2D eigenvalue weighted by atomic mass is 16.1. The van der Waals surface area contributed by atoms with Gasteiger partial charge in [0.2, 0.25) is 0 Å². The molecule has 0 unspecified atom stereocenters. The third-order valence-electron chi connectivity index (χ3n) is 4.87. The highest BCUT2D eigenvalue weighted by Gasteiger charge is 2.37. The van der Waals surface area contributed by atoms with E-state index in [0.717, 1.165) is 19.3 Å². The fourth-order valence-corrected chi connectivity index (χ4v) is 2.45. The van der Waals surface area contributed by atoms with E-state index in [4.69, 9.17) is 0 Å². The van der Waals surface area contributed by atoms with Crippen molar-refractivity contribution in [2.75, 3.05) is 0 Å². The first-order valence-electron chi connectivity index (χ1n) is 6.73. The number of carbonyl (C=O) groups excluding carboxylic acids is 1. The number of hydrogen-bond donors (Lipinski definition) is 0. The summed E-state index contributed by atoms with van der Waals surface area (Å²) in [6, 6.07) is 0. The zero-order valence-corrected chi connectivity index (χ0v) is 12.3. The van der Waals surface area contributed by atoms with Crippen LogP contribution in [0.15, 0.2) is 11.6 Å². The van der Waals surface area contributed by atoms with E-state index in [1.165, 1.54) is 5.57 Å². The van der Waals surface area contributed by atoms with Crippen molar-refractivity contribution in [3.63, 3.8) is 0 Å². The van der Waals surface area contributed by atoms with Gasteiger partial charge in [0.25, 0.3) is 0 Å². The maximum absolute atomic E-state index is 12.3. The minimum atomic E-state index is -0.273. The molecule has 1 aliphatic rings. The van der Waals surface area contributed by atoms with Crippen LogP contribution in [-0.2, 0) is 4.79 Å². The summed E-state index contributed by atoms with van der Waals surface area (Å²) >= 11 is 0. The van der Waals surface area contributed by atoms with Crippen molar-refractivity contribution in [3.8, 4) is 0 Å². The normalized spacial score (nSPS) is 24.4. The van der Waals surface area contributed by atoms with Crippen molar-refractivity contribution in [3.05, 3.63) is 18.1 Å². The lowest BCUT2D eigenvalue weighted by molar-refractivity contribution is -0.127. The summed E-state index contributed by atoms with van der Waals surface area (Å²) in [5.41, 5.74) is 1.35. The van der Waals surface area contributed by atoms with Gasteiger partial charge in [-0.2, -0.15) is 0 Å². The Morgan fingerprint density at radius 3 is 2.65 bits per heavy atom. The van der Waals surface area contributed by atoms with Crippen LogP contribution in [0.2, 0.25) is 0 Å². The molecule has 1 aliphatic carbocycles. The molecule has 0 saturated heterocycles. The average molecular weight is 235 g/mol. The lowest BCUT2D eigenvalue weighted by atomic mass is 9.65. The zero-order chi connectivity index (χ0) is 13.3. The van der Waals surface area contributed by atoms with Gasteiger partial charge in [-0.25, -0.2) is 0 Å². The predicted molar refractivity (Wildman–Crippen MR) is 73.6 cm³/mol. The fraction of sp³-hybridized carbons (Fsp3) is 0.750. The highest BCUT2D eigenvalue weighted by molar-refractivity contribution is 5.85. The second-order valence-electron chi connectivity index (χ2n) is 6.52. The van der Waals surface area contributed by atoms with E-state index in [-0.39, 0.29) is 10.8 Å². The molecule has 97 valence electrons. The predicted octanol–water partition coefficient (Wildman–Crippen LogP) is 4.58. The molecule has 0 aliphatic heterocycles. The molecule has 1 rings (SSSR count). The van der Waals surface area contributed by atoms with Crippen LogP contribution >= 0.6 is 0 Å². The lowest BCUT2D eigenvalue weighted by Gasteiger charge is -2.39. The van der Waals surface area contributed by atoms with Gasteiger partial charge in [-0.1, -0.05) is 46.3 Å². The molecule has 0 aromatic heterocycles. The molecule has 0 fully saturated rings. The van der Waals surface area contributed by atoms with Crippen molar-refractivity contribution < 1.29 is 4.79 Å². The smallest absolute Gasteiger partial charge is 0.139 e. The van der Waals surface area contributed by atoms with E-state index < -0.39 is 0 Å². The van der Waals surface area contributed by atoms with Crippen LogP contribution in [0.4, 0.5) is 0 Å². The third-order valence-corrected chi connectivity index (χ3v) is 4.87. The summed E-state index contributed by atoms with van der Waals surface area (Å²) < 4.78 is 0. The average Bonchev–Trinajstić information content (AvgIpc) is 2.25. The molecule has 0 bridgehead atoms. The van der Waals surface area contributed by atoms with E-state index in [2.05, 4.69) is 26.8 Å². The second kappa shape index (κ2) is 4.96. The van der Waals surface area contributed by atoms with E-state index in [0.29, 0.717) is 11.7 Å². The number of hydrogen-bond acceptors (Lipinski definition) is 1. The van der Waals surface area contributed by atoms with Crippen LogP contribution in [0.1, 0.15) is 60.8 Å². The second-order valence-corrected chi connectivity index (χ2v) is 6.52. The molecule has 1 heteroatoms. The lowest BCUT2D eigenvalue weighted by Crippen LogP contribution is -2.34. The Morgan fingerprint density at radius 2 is 2.12 bits per heavy atom. The summed E-state index contributed by atoms with van der Waals surface area (Å²) in [4.78, 5) is 12.3. The third kappa shape index (κ3) is 3.00. The molecule has 0 N–H and O–H groups in total. The van der Waals surface area contributed by atoms with Gasteiger partial charge in [-0.15, -0.1) is 0 Å². The molecular weight excluding hydrogens is 208 g/mol. The van der Waals surface area contributed by atoms with Gasteiger partial charge in [-0.3, -0.25) is 4.79 Å². The van der Waals surface area contributed by atoms with Gasteiger partial charge in [0.05, 0.1) is 0 Å². The first-order valence-corrected chi connectivity index (χ1v) is 6.73. The maximum atomic E-state index is 12.3. The zero-order valence-electron chi connectivity index (χ0n) is 12.3. The molecule has 1 atom stereocenters. The first-order chi connectivity index (χ1) is 7.71. The maximum Gasteiger partial charge on any atom is 0.139 e. The monoisotopic (exact) mass is 235 g/mol. The summed E-state index contributed by atoms with van der Waals surface area (Å²) in [7, 11) is 0. The Balaban J connectivity index is 2.77. The number of carbonyl (C=O) groups is 1. The minimum absolute atomic E-state index is 0.178. The van der Waals surface area contributed by atoms with Gasteiger partial charge >= 0.3 is 0 Å². The highest BCUT2D eigenvalue weighted by Crippen LogP contribution is 2.44. The molecule has 1 radical (unpaired) electrons.